The highest BCUT2D eigenvalue weighted by Crippen LogP contribution is 2.34. The smallest absolute Gasteiger partial charge is 0.302 e. The summed E-state index contributed by atoms with van der Waals surface area (Å²) in [5.41, 5.74) is 0.320. The zero-order chi connectivity index (χ0) is 24.6. The third-order valence-electron chi connectivity index (χ3n) is 5.39. The molecule has 11 heteroatoms. The molecule has 1 saturated heterocycles. The summed E-state index contributed by atoms with van der Waals surface area (Å²) in [6, 6.07) is 8.25. The number of carbonyl (C=O) groups is 1. The summed E-state index contributed by atoms with van der Waals surface area (Å²) >= 11 is 0. The van der Waals surface area contributed by atoms with Gasteiger partial charge >= 0.3 is 5.97 Å². The molecule has 2 aromatic carbocycles. The molecule has 0 aliphatic carbocycles. The molecule has 0 amide bonds. The number of rotatable bonds is 5. The summed E-state index contributed by atoms with van der Waals surface area (Å²) in [5, 5.41) is 50.4. The summed E-state index contributed by atoms with van der Waals surface area (Å²) in [5.74, 6) is -1.31. The Kier molecular flexibility index (Phi) is 6.44. The first-order chi connectivity index (χ1) is 16.2. The Hall–Kier alpha value is -3.64. The lowest BCUT2D eigenvalue weighted by Crippen LogP contribution is -2.60. The van der Waals surface area contributed by atoms with E-state index in [1.54, 1.807) is 12.1 Å². The quantitative estimate of drug-likeness (QED) is 0.328. The lowest BCUT2D eigenvalue weighted by atomic mass is 9.99. The lowest BCUT2D eigenvalue weighted by molar-refractivity contribution is -0.278. The second kappa shape index (κ2) is 9.31. The van der Waals surface area contributed by atoms with Gasteiger partial charge in [0, 0.05) is 13.0 Å². The molecule has 34 heavy (non-hydrogen) atoms. The SMILES string of the molecule is CC(=O)OC[C@@H]1O[C@H](Oc2cc3occ(-c4ccc(O)cc4)c(=O)c3cc2O)[C@@H](O)[C@H](O)[C@H]1O. The molecule has 0 spiro atoms. The van der Waals surface area contributed by atoms with Gasteiger partial charge in [-0.3, -0.25) is 9.59 Å². The summed E-state index contributed by atoms with van der Waals surface area (Å²) in [6.45, 7) is 0.751. The third kappa shape index (κ3) is 4.54. The van der Waals surface area contributed by atoms with Gasteiger partial charge in [-0.15, -0.1) is 0 Å². The van der Waals surface area contributed by atoms with Crippen molar-refractivity contribution >= 4 is 16.9 Å². The number of aromatic hydroxyl groups is 2. The molecular weight excluding hydrogens is 452 g/mol. The van der Waals surface area contributed by atoms with Crippen molar-refractivity contribution < 1.29 is 49.0 Å². The summed E-state index contributed by atoms with van der Waals surface area (Å²) in [4.78, 5) is 24.0. The highest BCUT2D eigenvalue weighted by atomic mass is 16.7. The number of aliphatic hydroxyl groups excluding tert-OH is 3. The van der Waals surface area contributed by atoms with Crippen molar-refractivity contribution in [2.45, 2.75) is 37.6 Å². The molecule has 1 aromatic heterocycles. The fourth-order valence-corrected chi connectivity index (χ4v) is 3.56. The zero-order valence-electron chi connectivity index (χ0n) is 17.8. The van der Waals surface area contributed by atoms with Crippen molar-refractivity contribution in [3.05, 3.63) is 52.9 Å². The predicted octanol–water partition coefficient (Wildman–Crippen LogP) is 0.621. The van der Waals surface area contributed by atoms with E-state index in [1.807, 2.05) is 0 Å². The molecule has 4 rings (SSSR count). The van der Waals surface area contributed by atoms with E-state index < -0.39 is 54.5 Å². The Bertz CT molecular complexity index is 1250. The minimum Gasteiger partial charge on any atom is -0.508 e. The van der Waals surface area contributed by atoms with Crippen LogP contribution in [0.5, 0.6) is 17.2 Å². The molecule has 5 atom stereocenters. The van der Waals surface area contributed by atoms with Gasteiger partial charge in [-0.25, -0.2) is 0 Å². The van der Waals surface area contributed by atoms with Crippen molar-refractivity contribution in [1.29, 1.82) is 0 Å². The molecule has 0 bridgehead atoms. The largest absolute Gasteiger partial charge is 0.508 e. The van der Waals surface area contributed by atoms with E-state index in [1.165, 1.54) is 24.5 Å². The number of ether oxygens (including phenoxy) is 3. The Morgan fingerprint density at radius 2 is 1.74 bits per heavy atom. The normalized spacial score (nSPS) is 24.6. The van der Waals surface area contributed by atoms with Gasteiger partial charge < -0.3 is 44.2 Å². The van der Waals surface area contributed by atoms with Gasteiger partial charge in [-0.1, -0.05) is 12.1 Å². The number of phenols is 2. The van der Waals surface area contributed by atoms with Crippen LogP contribution >= 0.6 is 0 Å². The molecule has 180 valence electrons. The highest BCUT2D eigenvalue weighted by molar-refractivity contribution is 5.84. The van der Waals surface area contributed by atoms with E-state index in [0.29, 0.717) is 5.56 Å². The van der Waals surface area contributed by atoms with E-state index >= 15 is 0 Å². The van der Waals surface area contributed by atoms with Crippen LogP contribution in [-0.4, -0.2) is 68.8 Å². The maximum atomic E-state index is 12.9. The predicted molar refractivity (Wildman–Crippen MR) is 115 cm³/mol. The van der Waals surface area contributed by atoms with Crippen molar-refractivity contribution in [3.8, 4) is 28.4 Å². The van der Waals surface area contributed by atoms with Gasteiger partial charge in [0.25, 0.3) is 0 Å². The van der Waals surface area contributed by atoms with Gasteiger partial charge in [0.15, 0.2) is 11.5 Å². The van der Waals surface area contributed by atoms with E-state index in [9.17, 15) is 35.1 Å². The number of carbonyl (C=O) groups excluding carboxylic acids is 1. The van der Waals surface area contributed by atoms with E-state index in [-0.39, 0.29) is 28.0 Å². The molecule has 5 N–H and O–H groups in total. The van der Waals surface area contributed by atoms with Gasteiger partial charge in [-0.2, -0.15) is 0 Å². The number of hydrogen-bond donors (Lipinski definition) is 5. The lowest BCUT2D eigenvalue weighted by Gasteiger charge is -2.39. The fourth-order valence-electron chi connectivity index (χ4n) is 3.56. The third-order valence-corrected chi connectivity index (χ3v) is 5.39. The number of fused-ring (bicyclic) bond motifs is 1. The van der Waals surface area contributed by atoms with Crippen molar-refractivity contribution in [2.75, 3.05) is 6.61 Å². The second-order valence-corrected chi connectivity index (χ2v) is 7.78. The van der Waals surface area contributed by atoms with Crippen molar-refractivity contribution in [2.24, 2.45) is 0 Å². The Morgan fingerprint density at radius 1 is 1.03 bits per heavy atom. The van der Waals surface area contributed by atoms with E-state index in [2.05, 4.69) is 0 Å². The minimum atomic E-state index is -1.71. The van der Waals surface area contributed by atoms with Gasteiger partial charge in [0.1, 0.15) is 48.6 Å². The number of aliphatic hydroxyl groups is 3. The van der Waals surface area contributed by atoms with Crippen LogP contribution in [0.2, 0.25) is 0 Å². The fraction of sp³-hybridized carbons (Fsp3) is 0.304. The summed E-state index contributed by atoms with van der Waals surface area (Å²) < 4.78 is 21.3. The molecule has 1 fully saturated rings. The van der Waals surface area contributed by atoms with Gasteiger partial charge in [-0.05, 0) is 23.8 Å². The van der Waals surface area contributed by atoms with Crippen LogP contribution in [0.4, 0.5) is 0 Å². The summed E-state index contributed by atoms with van der Waals surface area (Å²) in [7, 11) is 0. The van der Waals surface area contributed by atoms with Crippen LogP contribution < -0.4 is 10.2 Å². The molecule has 2 heterocycles. The van der Waals surface area contributed by atoms with Crippen molar-refractivity contribution in [3.63, 3.8) is 0 Å². The van der Waals surface area contributed by atoms with Crippen LogP contribution in [0.15, 0.2) is 51.9 Å². The average Bonchev–Trinajstić information content (AvgIpc) is 2.80. The number of esters is 1. The second-order valence-electron chi connectivity index (χ2n) is 7.78. The van der Waals surface area contributed by atoms with E-state index in [0.717, 1.165) is 13.0 Å². The van der Waals surface area contributed by atoms with Crippen LogP contribution in [0.1, 0.15) is 6.92 Å². The minimum absolute atomic E-state index is 0.0354. The first kappa shape index (κ1) is 23.5. The Labute approximate surface area is 192 Å². The van der Waals surface area contributed by atoms with Crippen LogP contribution in [0.3, 0.4) is 0 Å². The maximum Gasteiger partial charge on any atom is 0.302 e. The average molecular weight is 474 g/mol. The standard InChI is InChI=1S/C23H22O11/c1-10(24)31-9-18-20(28)21(29)22(30)23(34-18)33-17-7-16-13(6-15(17)26)19(27)14(8-32-16)11-2-4-12(25)5-3-11/h2-8,18,20-23,25-26,28-30H,9H2,1H3/t18-,20-,21+,22-,23-/m0/s1. The molecule has 0 saturated carbocycles. The monoisotopic (exact) mass is 474 g/mol. The Balaban J connectivity index is 1.62. The maximum absolute atomic E-state index is 12.9. The molecule has 0 unspecified atom stereocenters. The number of hydrogen-bond acceptors (Lipinski definition) is 11. The van der Waals surface area contributed by atoms with Crippen LogP contribution in [0.25, 0.3) is 22.1 Å². The van der Waals surface area contributed by atoms with E-state index in [4.69, 9.17) is 18.6 Å². The Morgan fingerprint density at radius 3 is 2.41 bits per heavy atom. The molecule has 3 aromatic rings. The highest BCUT2D eigenvalue weighted by Gasteiger charge is 2.45. The molecule has 11 nitrogen and oxygen atoms in total. The molecular formula is C23H22O11. The topological polar surface area (TPSA) is 176 Å². The van der Waals surface area contributed by atoms with Crippen molar-refractivity contribution in [1.82, 2.24) is 0 Å². The first-order valence-electron chi connectivity index (χ1n) is 10.2. The zero-order valence-corrected chi connectivity index (χ0v) is 17.8. The van der Waals surface area contributed by atoms with Gasteiger partial charge in [0.05, 0.1) is 10.9 Å². The summed E-state index contributed by atoms with van der Waals surface area (Å²) in [6.07, 6.45) is -6.49. The van der Waals surface area contributed by atoms with Gasteiger partial charge in [0.2, 0.25) is 11.7 Å². The van der Waals surface area contributed by atoms with Crippen LogP contribution in [0, 0.1) is 0 Å². The first-order valence-corrected chi connectivity index (χ1v) is 10.2. The molecule has 1 aliphatic rings. The molecule has 1 aliphatic heterocycles. The van der Waals surface area contributed by atoms with Crippen LogP contribution in [-0.2, 0) is 14.3 Å². The number of phenolic OH excluding ortho intramolecular Hbond substituents is 2. The molecule has 0 radical (unpaired) electrons. The number of benzene rings is 2.